The second kappa shape index (κ2) is 7.13. The number of halogens is 2. The van der Waals surface area contributed by atoms with E-state index in [1.165, 1.54) is 43.5 Å². The van der Waals surface area contributed by atoms with E-state index in [-0.39, 0.29) is 17.1 Å². The van der Waals surface area contributed by atoms with Gasteiger partial charge in [0.05, 0.1) is 12.7 Å². The molecule has 0 amide bonds. The number of esters is 1. The summed E-state index contributed by atoms with van der Waals surface area (Å²) in [6.45, 7) is 0. The Morgan fingerprint density at radius 3 is 2.08 bits per heavy atom. The van der Waals surface area contributed by atoms with Gasteiger partial charge in [-0.3, -0.25) is 0 Å². The zero-order valence-corrected chi connectivity index (χ0v) is 13.3. The maximum Gasteiger partial charge on any atom is 0.343 e. The molecule has 0 saturated carbocycles. The maximum atomic E-state index is 14.2. The Balaban J connectivity index is 1.78. The molecule has 126 valence electrons. The summed E-state index contributed by atoms with van der Waals surface area (Å²) in [5.41, 5.74) is 1.50. The number of carbonyl (C=O) groups excluding carboxylic acids is 1. The molecule has 5 heteroatoms. The zero-order chi connectivity index (χ0) is 17.8. The molecule has 0 atom stereocenters. The molecule has 0 N–H and O–H groups in total. The van der Waals surface area contributed by atoms with E-state index in [0.29, 0.717) is 16.9 Å². The molecule has 25 heavy (non-hydrogen) atoms. The van der Waals surface area contributed by atoms with Crippen molar-refractivity contribution in [1.82, 2.24) is 0 Å². The van der Waals surface area contributed by atoms with Crippen LogP contribution < -0.4 is 9.47 Å². The average molecular weight is 340 g/mol. The van der Waals surface area contributed by atoms with Crippen LogP contribution in [-0.4, -0.2) is 13.1 Å². The van der Waals surface area contributed by atoms with Crippen LogP contribution in [0.25, 0.3) is 11.1 Å². The number of ether oxygens (including phenoxy) is 2. The van der Waals surface area contributed by atoms with Crippen LogP contribution >= 0.6 is 0 Å². The summed E-state index contributed by atoms with van der Waals surface area (Å²) in [6.07, 6.45) is 0. The number of rotatable bonds is 4. The molecule has 0 aromatic heterocycles. The first-order chi connectivity index (χ1) is 12.1. The predicted molar refractivity (Wildman–Crippen MR) is 89.7 cm³/mol. The van der Waals surface area contributed by atoms with Crippen LogP contribution in [-0.2, 0) is 0 Å². The van der Waals surface area contributed by atoms with Crippen molar-refractivity contribution in [2.45, 2.75) is 0 Å². The Morgan fingerprint density at radius 2 is 1.48 bits per heavy atom. The van der Waals surface area contributed by atoms with Gasteiger partial charge in [-0.05, 0) is 59.7 Å². The minimum atomic E-state index is -0.677. The fraction of sp³-hybridized carbons (Fsp3) is 0.0500. The molecular formula is C20H14F2O3. The Labute approximate surface area is 143 Å². The van der Waals surface area contributed by atoms with Crippen molar-refractivity contribution in [1.29, 1.82) is 0 Å². The van der Waals surface area contributed by atoms with Crippen LogP contribution in [0.15, 0.2) is 66.7 Å². The van der Waals surface area contributed by atoms with Crippen LogP contribution in [0.1, 0.15) is 10.4 Å². The Morgan fingerprint density at radius 1 is 0.840 bits per heavy atom. The van der Waals surface area contributed by atoms with E-state index in [4.69, 9.17) is 9.47 Å². The standard InChI is InChI=1S/C20H14F2O3/c1-24-17-9-4-14(5-10-17)20(23)25-19-11-6-15(12-18(19)22)13-2-7-16(21)8-3-13/h2-12H,1H3. The summed E-state index contributed by atoms with van der Waals surface area (Å²) in [5.74, 6) is -1.29. The van der Waals surface area contributed by atoms with Crippen LogP contribution in [0.4, 0.5) is 8.78 Å². The van der Waals surface area contributed by atoms with E-state index in [1.54, 1.807) is 30.3 Å². The average Bonchev–Trinajstić information content (AvgIpc) is 2.64. The molecule has 0 aliphatic carbocycles. The summed E-state index contributed by atoms with van der Waals surface area (Å²) in [4.78, 5) is 12.1. The largest absolute Gasteiger partial charge is 0.497 e. The first-order valence-corrected chi connectivity index (χ1v) is 7.48. The van der Waals surface area contributed by atoms with Crippen molar-refractivity contribution >= 4 is 5.97 Å². The zero-order valence-electron chi connectivity index (χ0n) is 13.3. The van der Waals surface area contributed by atoms with E-state index in [0.717, 1.165) is 0 Å². The minimum Gasteiger partial charge on any atom is -0.497 e. The third-order valence-corrected chi connectivity index (χ3v) is 3.64. The van der Waals surface area contributed by atoms with Crippen LogP contribution in [0.3, 0.4) is 0 Å². The lowest BCUT2D eigenvalue weighted by atomic mass is 10.1. The fourth-order valence-electron chi connectivity index (χ4n) is 2.29. The lowest BCUT2D eigenvalue weighted by molar-refractivity contribution is 0.0728. The molecule has 0 aliphatic rings. The van der Waals surface area contributed by atoms with Gasteiger partial charge >= 0.3 is 5.97 Å². The van der Waals surface area contributed by atoms with Crippen LogP contribution in [0.2, 0.25) is 0 Å². The van der Waals surface area contributed by atoms with E-state index in [9.17, 15) is 13.6 Å². The summed E-state index contributed by atoms with van der Waals surface area (Å²) >= 11 is 0. The van der Waals surface area contributed by atoms with Gasteiger partial charge in [-0.15, -0.1) is 0 Å². The van der Waals surface area contributed by atoms with Crippen LogP contribution in [0, 0.1) is 11.6 Å². The molecule has 0 radical (unpaired) electrons. The van der Waals surface area contributed by atoms with Crippen molar-refractivity contribution < 1.29 is 23.0 Å². The summed E-state index contributed by atoms with van der Waals surface area (Å²) in [5, 5.41) is 0. The van der Waals surface area contributed by atoms with Gasteiger partial charge in [0.25, 0.3) is 0 Å². The molecule has 0 saturated heterocycles. The van der Waals surface area contributed by atoms with Gasteiger partial charge in [-0.25, -0.2) is 13.6 Å². The van der Waals surface area contributed by atoms with E-state index in [2.05, 4.69) is 0 Å². The lowest BCUT2D eigenvalue weighted by Gasteiger charge is -2.08. The summed E-state index contributed by atoms with van der Waals surface area (Å²) in [7, 11) is 1.52. The number of benzene rings is 3. The minimum absolute atomic E-state index is 0.174. The highest BCUT2D eigenvalue weighted by Crippen LogP contribution is 2.26. The second-order valence-electron chi connectivity index (χ2n) is 5.27. The number of hydrogen-bond acceptors (Lipinski definition) is 3. The monoisotopic (exact) mass is 340 g/mol. The fourth-order valence-corrected chi connectivity index (χ4v) is 2.29. The lowest BCUT2D eigenvalue weighted by Crippen LogP contribution is -2.09. The Hall–Kier alpha value is -3.21. The first kappa shape index (κ1) is 16.6. The topological polar surface area (TPSA) is 35.5 Å². The molecule has 3 rings (SSSR count). The normalized spacial score (nSPS) is 10.4. The van der Waals surface area contributed by atoms with Crippen molar-refractivity contribution in [3.63, 3.8) is 0 Å². The number of hydrogen-bond donors (Lipinski definition) is 0. The van der Waals surface area contributed by atoms with E-state index < -0.39 is 11.8 Å². The molecule has 0 heterocycles. The van der Waals surface area contributed by atoms with Crippen molar-refractivity contribution in [2.75, 3.05) is 7.11 Å². The molecule has 3 aromatic carbocycles. The van der Waals surface area contributed by atoms with Crippen molar-refractivity contribution in [3.8, 4) is 22.6 Å². The van der Waals surface area contributed by atoms with Crippen LogP contribution in [0.5, 0.6) is 11.5 Å². The maximum absolute atomic E-state index is 14.2. The molecule has 0 aliphatic heterocycles. The second-order valence-corrected chi connectivity index (χ2v) is 5.27. The highest BCUT2D eigenvalue weighted by molar-refractivity contribution is 5.91. The van der Waals surface area contributed by atoms with E-state index in [1.807, 2.05) is 0 Å². The van der Waals surface area contributed by atoms with Crippen molar-refractivity contribution in [3.05, 3.63) is 83.9 Å². The summed E-state index contributed by atoms with van der Waals surface area (Å²) in [6, 6.07) is 16.2. The van der Waals surface area contributed by atoms with Gasteiger partial charge in [-0.2, -0.15) is 0 Å². The highest BCUT2D eigenvalue weighted by atomic mass is 19.1. The predicted octanol–water partition coefficient (Wildman–Crippen LogP) is 4.86. The van der Waals surface area contributed by atoms with Gasteiger partial charge in [0.1, 0.15) is 11.6 Å². The molecule has 0 unspecified atom stereocenters. The molecule has 0 bridgehead atoms. The Kier molecular flexibility index (Phi) is 4.75. The SMILES string of the molecule is COc1ccc(C(=O)Oc2ccc(-c3ccc(F)cc3)cc2F)cc1. The van der Waals surface area contributed by atoms with Gasteiger partial charge < -0.3 is 9.47 Å². The highest BCUT2D eigenvalue weighted by Gasteiger charge is 2.13. The third-order valence-electron chi connectivity index (χ3n) is 3.64. The van der Waals surface area contributed by atoms with Gasteiger partial charge in [-0.1, -0.05) is 18.2 Å². The quantitative estimate of drug-likeness (QED) is 0.503. The summed E-state index contributed by atoms with van der Waals surface area (Å²) < 4.78 is 37.3. The molecule has 0 spiro atoms. The molecule has 3 nitrogen and oxygen atoms in total. The number of methoxy groups -OCH3 is 1. The van der Waals surface area contributed by atoms with Gasteiger partial charge in [0.2, 0.25) is 0 Å². The van der Waals surface area contributed by atoms with Gasteiger partial charge in [0.15, 0.2) is 11.6 Å². The van der Waals surface area contributed by atoms with Gasteiger partial charge in [0, 0.05) is 0 Å². The smallest absolute Gasteiger partial charge is 0.343 e. The Bertz CT molecular complexity index is 888. The molecule has 3 aromatic rings. The number of carbonyl (C=O) groups is 1. The van der Waals surface area contributed by atoms with E-state index >= 15 is 0 Å². The third kappa shape index (κ3) is 3.83. The first-order valence-electron chi connectivity index (χ1n) is 7.48. The molecular weight excluding hydrogens is 326 g/mol. The molecule has 0 fully saturated rings. The van der Waals surface area contributed by atoms with Crippen molar-refractivity contribution in [2.24, 2.45) is 0 Å².